The lowest BCUT2D eigenvalue weighted by Crippen LogP contribution is -2.42. The van der Waals surface area contributed by atoms with Gasteiger partial charge in [-0.1, -0.05) is 0 Å². The van der Waals surface area contributed by atoms with E-state index in [2.05, 4.69) is 53.2 Å². The van der Waals surface area contributed by atoms with Crippen molar-refractivity contribution in [3.05, 3.63) is 18.7 Å². The van der Waals surface area contributed by atoms with Crippen LogP contribution in [0, 0.1) is 0 Å². The van der Waals surface area contributed by atoms with Gasteiger partial charge in [-0.25, -0.2) is 4.98 Å². The number of rotatable bonds is 9. The van der Waals surface area contributed by atoms with Crippen LogP contribution in [0.4, 0.5) is 0 Å². The van der Waals surface area contributed by atoms with Gasteiger partial charge < -0.3 is 15.2 Å². The molecule has 0 spiro atoms. The first-order valence-electron chi connectivity index (χ1n) is 8.20. The number of hydrogen-bond donors (Lipinski definition) is 2. The van der Waals surface area contributed by atoms with Gasteiger partial charge in [0.1, 0.15) is 0 Å². The van der Waals surface area contributed by atoms with Gasteiger partial charge in [-0.05, 0) is 34.1 Å². The lowest BCUT2D eigenvalue weighted by Gasteiger charge is -2.30. The summed E-state index contributed by atoms with van der Waals surface area (Å²) in [6, 6.07) is 1.18. The van der Waals surface area contributed by atoms with Gasteiger partial charge in [0.25, 0.3) is 0 Å². The van der Waals surface area contributed by atoms with Gasteiger partial charge in [-0.2, -0.15) is 0 Å². The highest BCUT2D eigenvalue weighted by molar-refractivity contribution is 5.79. The van der Waals surface area contributed by atoms with Crippen molar-refractivity contribution in [1.29, 1.82) is 0 Å². The maximum absolute atomic E-state index is 4.25. The first kappa shape index (κ1) is 18.5. The molecule has 0 bridgehead atoms. The number of nitrogens with zero attached hydrogens (tertiary/aromatic N) is 4. The van der Waals surface area contributed by atoms with E-state index in [1.807, 2.05) is 17.1 Å². The first-order chi connectivity index (χ1) is 10.5. The van der Waals surface area contributed by atoms with Crippen LogP contribution in [0.2, 0.25) is 0 Å². The molecule has 0 aliphatic rings. The molecule has 0 aliphatic heterocycles. The Morgan fingerprint density at radius 1 is 1.18 bits per heavy atom. The first-order valence-corrected chi connectivity index (χ1v) is 8.20. The molecule has 126 valence electrons. The van der Waals surface area contributed by atoms with Crippen molar-refractivity contribution < 1.29 is 0 Å². The largest absolute Gasteiger partial charge is 0.356 e. The Hall–Kier alpha value is -1.56. The Balaban J connectivity index is 2.18. The Morgan fingerprint density at radius 2 is 1.86 bits per heavy atom. The molecule has 0 atom stereocenters. The SMILES string of the molecule is CN=C(NCCCN(C(C)C)C(C)C)NCCn1ccnc1. The van der Waals surface area contributed by atoms with Crippen molar-refractivity contribution in [2.45, 2.75) is 52.7 Å². The number of imidazole rings is 1. The lowest BCUT2D eigenvalue weighted by molar-refractivity contribution is 0.173. The van der Waals surface area contributed by atoms with E-state index >= 15 is 0 Å². The maximum atomic E-state index is 4.25. The third-order valence-electron chi connectivity index (χ3n) is 3.66. The fraction of sp³-hybridized carbons (Fsp3) is 0.750. The monoisotopic (exact) mass is 308 g/mol. The van der Waals surface area contributed by atoms with E-state index in [1.54, 1.807) is 13.2 Å². The highest BCUT2D eigenvalue weighted by Crippen LogP contribution is 2.05. The van der Waals surface area contributed by atoms with Crippen LogP contribution in [0.5, 0.6) is 0 Å². The molecule has 22 heavy (non-hydrogen) atoms. The van der Waals surface area contributed by atoms with E-state index in [9.17, 15) is 0 Å². The molecule has 0 saturated heterocycles. The third-order valence-corrected chi connectivity index (χ3v) is 3.66. The quantitative estimate of drug-likeness (QED) is 0.413. The maximum Gasteiger partial charge on any atom is 0.191 e. The molecule has 1 aromatic heterocycles. The molecule has 1 heterocycles. The summed E-state index contributed by atoms with van der Waals surface area (Å²) in [6.07, 6.45) is 6.69. The van der Waals surface area contributed by atoms with Gasteiger partial charge in [0, 0.05) is 57.7 Å². The number of guanidine groups is 1. The zero-order valence-electron chi connectivity index (χ0n) is 14.7. The van der Waals surface area contributed by atoms with Crippen LogP contribution >= 0.6 is 0 Å². The number of aromatic nitrogens is 2. The van der Waals surface area contributed by atoms with Crippen molar-refractivity contribution in [2.75, 3.05) is 26.7 Å². The van der Waals surface area contributed by atoms with E-state index in [-0.39, 0.29) is 0 Å². The predicted octanol–water partition coefficient (Wildman–Crippen LogP) is 1.56. The van der Waals surface area contributed by atoms with Crippen molar-refractivity contribution in [2.24, 2.45) is 4.99 Å². The van der Waals surface area contributed by atoms with E-state index < -0.39 is 0 Å². The molecule has 0 amide bonds. The molecular weight excluding hydrogens is 276 g/mol. The molecule has 0 saturated carbocycles. The number of aliphatic imine (C=N–C) groups is 1. The lowest BCUT2D eigenvalue weighted by atomic mass is 10.2. The second kappa shape index (κ2) is 10.2. The number of hydrogen-bond acceptors (Lipinski definition) is 3. The van der Waals surface area contributed by atoms with Gasteiger partial charge in [0.15, 0.2) is 5.96 Å². The van der Waals surface area contributed by atoms with Crippen LogP contribution in [-0.2, 0) is 6.54 Å². The molecule has 2 N–H and O–H groups in total. The standard InChI is InChI=1S/C16H32N6/c1-14(2)22(15(3)4)10-6-7-19-16(17-5)20-9-12-21-11-8-18-13-21/h8,11,13-15H,6-7,9-10,12H2,1-5H3,(H2,17,19,20). The highest BCUT2D eigenvalue weighted by atomic mass is 15.2. The third kappa shape index (κ3) is 6.93. The topological polar surface area (TPSA) is 57.5 Å². The van der Waals surface area contributed by atoms with Crippen molar-refractivity contribution in [3.63, 3.8) is 0 Å². The summed E-state index contributed by atoms with van der Waals surface area (Å²) in [6.45, 7) is 12.8. The van der Waals surface area contributed by atoms with Crippen LogP contribution in [0.15, 0.2) is 23.7 Å². The summed E-state index contributed by atoms with van der Waals surface area (Å²) in [5, 5.41) is 6.69. The van der Waals surface area contributed by atoms with E-state index in [0.717, 1.165) is 38.6 Å². The zero-order chi connectivity index (χ0) is 16.4. The summed E-state index contributed by atoms with van der Waals surface area (Å²) >= 11 is 0. The van der Waals surface area contributed by atoms with E-state index in [4.69, 9.17) is 0 Å². The molecule has 6 nitrogen and oxygen atoms in total. The summed E-state index contributed by atoms with van der Waals surface area (Å²) < 4.78 is 2.05. The predicted molar refractivity (Wildman–Crippen MR) is 93.2 cm³/mol. The van der Waals surface area contributed by atoms with Crippen molar-refractivity contribution in [1.82, 2.24) is 25.1 Å². The van der Waals surface area contributed by atoms with Crippen LogP contribution in [0.25, 0.3) is 0 Å². The minimum Gasteiger partial charge on any atom is -0.356 e. The molecular formula is C16H32N6. The molecule has 0 aromatic carbocycles. The van der Waals surface area contributed by atoms with Gasteiger partial charge in [0.2, 0.25) is 0 Å². The van der Waals surface area contributed by atoms with Crippen molar-refractivity contribution >= 4 is 5.96 Å². The van der Waals surface area contributed by atoms with Crippen molar-refractivity contribution in [3.8, 4) is 0 Å². The average Bonchev–Trinajstić information content (AvgIpc) is 2.97. The summed E-state index contributed by atoms with van der Waals surface area (Å²) in [5.74, 6) is 0.862. The van der Waals surface area contributed by atoms with Gasteiger partial charge in [-0.15, -0.1) is 0 Å². The molecule has 0 fully saturated rings. The minimum absolute atomic E-state index is 0.590. The van der Waals surface area contributed by atoms with Crippen LogP contribution < -0.4 is 10.6 Å². The summed E-state index contributed by atoms with van der Waals surface area (Å²) in [7, 11) is 1.81. The molecule has 1 rings (SSSR count). The second-order valence-electron chi connectivity index (χ2n) is 6.01. The Kier molecular flexibility index (Phi) is 8.58. The Labute approximate surface area is 135 Å². The summed E-state index contributed by atoms with van der Waals surface area (Å²) in [5.41, 5.74) is 0. The summed E-state index contributed by atoms with van der Waals surface area (Å²) in [4.78, 5) is 10.8. The van der Waals surface area contributed by atoms with E-state index in [1.165, 1.54) is 0 Å². The molecule has 0 radical (unpaired) electrons. The second-order valence-corrected chi connectivity index (χ2v) is 6.01. The van der Waals surface area contributed by atoms with Crippen LogP contribution in [0.1, 0.15) is 34.1 Å². The van der Waals surface area contributed by atoms with E-state index in [0.29, 0.717) is 12.1 Å². The Morgan fingerprint density at radius 3 is 2.41 bits per heavy atom. The normalized spacial score (nSPS) is 12.5. The molecule has 6 heteroatoms. The fourth-order valence-corrected chi connectivity index (χ4v) is 2.52. The smallest absolute Gasteiger partial charge is 0.191 e. The minimum atomic E-state index is 0.590. The van der Waals surface area contributed by atoms with Crippen LogP contribution in [0.3, 0.4) is 0 Å². The van der Waals surface area contributed by atoms with Gasteiger partial charge in [0.05, 0.1) is 6.33 Å². The fourth-order valence-electron chi connectivity index (χ4n) is 2.52. The number of nitrogens with one attached hydrogen (secondary N) is 2. The molecule has 0 unspecified atom stereocenters. The molecule has 0 aliphatic carbocycles. The molecule has 1 aromatic rings. The van der Waals surface area contributed by atoms with Gasteiger partial charge >= 0.3 is 0 Å². The zero-order valence-corrected chi connectivity index (χ0v) is 14.7. The Bertz CT molecular complexity index is 402. The van der Waals surface area contributed by atoms with Crippen LogP contribution in [-0.4, -0.2) is 59.2 Å². The highest BCUT2D eigenvalue weighted by Gasteiger charge is 2.12. The van der Waals surface area contributed by atoms with Gasteiger partial charge in [-0.3, -0.25) is 9.89 Å². The average molecular weight is 308 g/mol.